The summed E-state index contributed by atoms with van der Waals surface area (Å²) in [6.07, 6.45) is 0. The van der Waals surface area contributed by atoms with Gasteiger partial charge in [0, 0.05) is 49.2 Å². The van der Waals surface area contributed by atoms with E-state index in [1.807, 2.05) is 0 Å². The number of nitrogens with zero attached hydrogens (tertiary/aromatic N) is 4. The molecule has 3 aromatic heterocycles. The third kappa shape index (κ3) is 6.88. The normalized spacial score (nSPS) is 13.7. The van der Waals surface area contributed by atoms with E-state index in [1.54, 1.807) is 0 Å². The second-order valence-corrected chi connectivity index (χ2v) is 22.9. The Morgan fingerprint density at radius 2 is 0.700 bits per heavy atom. The van der Waals surface area contributed by atoms with Crippen LogP contribution in [-0.4, -0.2) is 19.1 Å². The maximum atomic E-state index is 5.61. The van der Waals surface area contributed by atoms with Gasteiger partial charge in [-0.25, -0.2) is 9.97 Å². The van der Waals surface area contributed by atoms with Gasteiger partial charge in [-0.05, 0) is 145 Å². The van der Waals surface area contributed by atoms with E-state index < -0.39 is 0 Å². The molecule has 0 atom stereocenters. The molecule has 0 fully saturated rings. The van der Waals surface area contributed by atoms with E-state index >= 15 is 0 Å². The summed E-state index contributed by atoms with van der Waals surface area (Å²) in [7, 11) is 0. The molecule has 4 nitrogen and oxygen atoms in total. The molecule has 2 aliphatic rings. The highest BCUT2D eigenvalue weighted by atomic mass is 15.2. The number of rotatable bonds is 7. The summed E-state index contributed by atoms with van der Waals surface area (Å²) < 4.78 is 4.68. The van der Waals surface area contributed by atoms with Gasteiger partial charge >= 0.3 is 0 Å². The summed E-state index contributed by atoms with van der Waals surface area (Å²) in [6, 6.07) is 93.6. The lowest BCUT2D eigenvalue weighted by Gasteiger charge is -2.22. The lowest BCUT2D eigenvalue weighted by atomic mass is 9.81. The summed E-state index contributed by atoms with van der Waals surface area (Å²) in [6.45, 7) is 9.41. The van der Waals surface area contributed by atoms with E-state index in [1.165, 1.54) is 77.5 Å². The highest BCUT2D eigenvalue weighted by Crippen LogP contribution is 2.52. The van der Waals surface area contributed by atoms with Crippen LogP contribution in [0.15, 0.2) is 255 Å². The van der Waals surface area contributed by atoms with Crippen molar-refractivity contribution < 1.29 is 0 Å². The third-order valence-corrected chi connectivity index (χ3v) is 17.8. The summed E-state index contributed by atoms with van der Waals surface area (Å²) in [4.78, 5) is 11.2. The van der Waals surface area contributed by atoms with Gasteiger partial charge in [-0.1, -0.05) is 216 Å². The molecule has 4 heteroatoms. The molecule has 0 N–H and O–H groups in total. The number of hydrogen-bond donors (Lipinski definition) is 0. The van der Waals surface area contributed by atoms with Crippen LogP contribution in [0.25, 0.3) is 133 Å². The lowest BCUT2D eigenvalue weighted by Crippen LogP contribution is -2.14. The summed E-state index contributed by atoms with van der Waals surface area (Å²) in [5, 5.41) is 4.74. The van der Waals surface area contributed by atoms with Crippen molar-refractivity contribution >= 4 is 43.6 Å². The average molecular weight is 1020 g/mol. The summed E-state index contributed by atoms with van der Waals surface area (Å²) in [5.74, 6) is 0.616. The van der Waals surface area contributed by atoms with Crippen molar-refractivity contribution in [3.8, 4) is 89.8 Å². The Kier molecular flexibility index (Phi) is 9.99. The zero-order valence-electron chi connectivity index (χ0n) is 45.0. The second kappa shape index (κ2) is 17.3. The van der Waals surface area contributed by atoms with Gasteiger partial charge in [0.05, 0.1) is 33.5 Å². The molecule has 16 rings (SSSR count). The fourth-order valence-corrected chi connectivity index (χ4v) is 13.8. The number of hydrogen-bond acceptors (Lipinski definition) is 2. The largest absolute Gasteiger partial charge is 0.309 e. The van der Waals surface area contributed by atoms with Crippen LogP contribution >= 0.6 is 0 Å². The molecule has 3 heterocycles. The van der Waals surface area contributed by atoms with E-state index in [-0.39, 0.29) is 10.8 Å². The zero-order chi connectivity index (χ0) is 53.4. The summed E-state index contributed by atoms with van der Waals surface area (Å²) >= 11 is 0. The van der Waals surface area contributed by atoms with Gasteiger partial charge in [0.15, 0.2) is 0 Å². The van der Waals surface area contributed by atoms with Crippen LogP contribution in [0.3, 0.4) is 0 Å². The fraction of sp³-hybridized carbons (Fsp3) is 0.0789. The molecule has 0 saturated heterocycles. The van der Waals surface area contributed by atoms with Crippen molar-refractivity contribution in [2.75, 3.05) is 0 Å². The maximum absolute atomic E-state index is 5.61. The minimum Gasteiger partial charge on any atom is -0.309 e. The van der Waals surface area contributed by atoms with Gasteiger partial charge in [-0.15, -0.1) is 0 Å². The standard InChI is InChI=1S/C76H54N4/c1-75(2)64-29-14-10-24-55(64)57-37-33-50(44-66(57)75)48-35-39-72-62(42-48)60-27-12-16-31-70(60)79(72)53-22-18-21-52(41-53)68-46-69(59-26-9-8-23-54(59)47-19-6-5-7-20-47)78-74(77-68)80-71-32-17-13-28-61(71)63-43-49(36-40-73(63)80)51-34-38-58-56-25-11-15-30-65(56)76(3,4)67(58)45-51/h5-46H,1-4H3. The fourth-order valence-electron chi connectivity index (χ4n) is 13.8. The Hall–Kier alpha value is -9.90. The van der Waals surface area contributed by atoms with E-state index in [2.05, 4.69) is 292 Å². The molecule has 0 aliphatic heterocycles. The van der Waals surface area contributed by atoms with Gasteiger partial charge in [0.25, 0.3) is 0 Å². The van der Waals surface area contributed by atoms with E-state index in [9.17, 15) is 0 Å². The summed E-state index contributed by atoms with van der Waals surface area (Å²) in [5.41, 5.74) is 27.0. The highest BCUT2D eigenvalue weighted by molar-refractivity contribution is 6.12. The third-order valence-electron chi connectivity index (χ3n) is 17.8. The molecule has 0 amide bonds. The molecule has 2 aliphatic carbocycles. The molecular formula is C76H54N4. The van der Waals surface area contributed by atoms with Crippen molar-refractivity contribution in [1.29, 1.82) is 0 Å². The van der Waals surface area contributed by atoms with Crippen LogP contribution in [0, 0.1) is 0 Å². The Balaban J connectivity index is 0.848. The monoisotopic (exact) mass is 1020 g/mol. The van der Waals surface area contributed by atoms with Gasteiger partial charge < -0.3 is 4.57 Å². The molecule has 0 radical (unpaired) electrons. The number of aromatic nitrogens is 4. The molecule has 0 bridgehead atoms. The smallest absolute Gasteiger partial charge is 0.235 e. The van der Waals surface area contributed by atoms with Crippen LogP contribution in [-0.2, 0) is 10.8 Å². The molecule has 378 valence electrons. The first-order valence-corrected chi connectivity index (χ1v) is 27.9. The van der Waals surface area contributed by atoms with Gasteiger partial charge in [0.2, 0.25) is 5.95 Å². The van der Waals surface area contributed by atoms with Gasteiger partial charge in [-0.2, -0.15) is 0 Å². The second-order valence-electron chi connectivity index (χ2n) is 22.9. The van der Waals surface area contributed by atoms with Crippen LogP contribution in [0.5, 0.6) is 0 Å². The molecule has 14 aromatic rings. The van der Waals surface area contributed by atoms with Crippen molar-refractivity contribution in [1.82, 2.24) is 19.1 Å². The molecule has 0 saturated carbocycles. The van der Waals surface area contributed by atoms with Crippen LogP contribution < -0.4 is 0 Å². The topological polar surface area (TPSA) is 35.6 Å². The van der Waals surface area contributed by atoms with E-state index in [0.717, 1.165) is 72.2 Å². The Morgan fingerprint density at radius 1 is 0.263 bits per heavy atom. The Morgan fingerprint density at radius 3 is 1.31 bits per heavy atom. The minimum atomic E-state index is -0.0933. The number of para-hydroxylation sites is 2. The predicted molar refractivity (Wildman–Crippen MR) is 333 cm³/mol. The first-order chi connectivity index (χ1) is 39.2. The number of benzene rings is 11. The highest BCUT2D eigenvalue weighted by Gasteiger charge is 2.37. The van der Waals surface area contributed by atoms with Crippen LogP contribution in [0.4, 0.5) is 0 Å². The molecule has 0 unspecified atom stereocenters. The quantitative estimate of drug-likeness (QED) is 0.159. The van der Waals surface area contributed by atoms with E-state index in [4.69, 9.17) is 9.97 Å². The van der Waals surface area contributed by atoms with E-state index in [0.29, 0.717) is 5.95 Å². The van der Waals surface area contributed by atoms with Crippen LogP contribution in [0.2, 0.25) is 0 Å². The number of fused-ring (bicyclic) bond motifs is 12. The Bertz CT molecular complexity index is 4890. The van der Waals surface area contributed by atoms with Gasteiger partial charge in [-0.3, -0.25) is 4.57 Å². The van der Waals surface area contributed by atoms with Crippen molar-refractivity contribution in [3.63, 3.8) is 0 Å². The van der Waals surface area contributed by atoms with Crippen LogP contribution in [0.1, 0.15) is 49.9 Å². The van der Waals surface area contributed by atoms with Crippen molar-refractivity contribution in [3.05, 3.63) is 277 Å². The van der Waals surface area contributed by atoms with Gasteiger partial charge in [0.1, 0.15) is 0 Å². The lowest BCUT2D eigenvalue weighted by molar-refractivity contribution is 0.660. The van der Waals surface area contributed by atoms with Crippen molar-refractivity contribution in [2.45, 2.75) is 38.5 Å². The molecule has 11 aromatic carbocycles. The van der Waals surface area contributed by atoms with Crippen molar-refractivity contribution in [2.24, 2.45) is 0 Å². The first kappa shape index (κ1) is 46.2. The first-order valence-electron chi connectivity index (χ1n) is 27.9. The average Bonchev–Trinajstić information content (AvgIpc) is 4.39. The maximum Gasteiger partial charge on any atom is 0.235 e. The molecular weight excluding hydrogens is 969 g/mol. The SMILES string of the molecule is CC1(C)c2ccccc2-c2ccc(-c3ccc4c(c3)c3ccccc3n4-c3cccc(-c4cc(-c5ccccc5-c5ccccc5)nc(-n5c6ccccc6c6cc(-c7ccc8c(c7)C(C)(C)c7ccccc7-8)ccc65)n4)c3)cc21. The molecule has 80 heavy (non-hydrogen) atoms. The zero-order valence-corrected chi connectivity index (χ0v) is 45.0. The predicted octanol–water partition coefficient (Wildman–Crippen LogP) is 19.6. The minimum absolute atomic E-state index is 0.0766. The molecule has 0 spiro atoms. The Labute approximate surface area is 465 Å².